The van der Waals surface area contributed by atoms with Crippen molar-refractivity contribution in [1.82, 2.24) is 5.54 Å². The predicted molar refractivity (Wildman–Crippen MR) is 47.0 cm³/mol. The molecule has 1 nitrogen and oxygen atoms in total. The van der Waals surface area contributed by atoms with Gasteiger partial charge >= 0.3 is 0 Å². The van der Waals surface area contributed by atoms with Crippen molar-refractivity contribution in [3.05, 3.63) is 34.3 Å². The first-order valence-electron chi connectivity index (χ1n) is 3.41. The summed E-state index contributed by atoms with van der Waals surface area (Å²) in [4.78, 5) is 0. The lowest BCUT2D eigenvalue weighted by molar-refractivity contribution is 0.337. The van der Waals surface area contributed by atoms with Gasteiger partial charge in [0.1, 0.15) is 0 Å². The normalized spacial score (nSPS) is 10.0. The molecule has 1 rings (SSSR count). The minimum Gasteiger partial charge on any atom is -0.159 e. The zero-order valence-corrected chi connectivity index (χ0v) is 7.57. The minimum atomic E-state index is 0.377. The molecule has 0 aliphatic rings. The van der Waals surface area contributed by atoms with Gasteiger partial charge in [-0.2, -0.15) is 5.54 Å². The zero-order chi connectivity index (χ0) is 8.10. The molecule has 0 amide bonds. The number of benzene rings is 1. The molecule has 0 unspecified atom stereocenters. The standard InChI is InChI=1S/C8H9BrFN/c9-8-3-1-7(2-4-8)5-6-11-10/h1-4,11H,5-6H2. The Kier molecular flexibility index (Phi) is 3.52. The Labute approximate surface area is 73.7 Å². The molecule has 0 aromatic heterocycles. The van der Waals surface area contributed by atoms with E-state index in [-0.39, 0.29) is 0 Å². The molecule has 0 fully saturated rings. The fourth-order valence-corrected chi connectivity index (χ4v) is 1.11. The SMILES string of the molecule is FNCCc1ccc(Br)cc1. The molecule has 0 aliphatic heterocycles. The Hall–Kier alpha value is -0.410. The van der Waals surface area contributed by atoms with Crippen LogP contribution in [0, 0.1) is 0 Å². The van der Waals surface area contributed by atoms with Gasteiger partial charge in [-0.25, -0.2) is 0 Å². The Balaban J connectivity index is 2.52. The van der Waals surface area contributed by atoms with E-state index in [1.54, 1.807) is 5.54 Å². The molecule has 0 heterocycles. The van der Waals surface area contributed by atoms with E-state index in [4.69, 9.17) is 0 Å². The summed E-state index contributed by atoms with van der Waals surface area (Å²) in [6, 6.07) is 7.85. The quantitative estimate of drug-likeness (QED) is 0.768. The average Bonchev–Trinajstić information content (AvgIpc) is 2.04. The predicted octanol–water partition coefficient (Wildman–Crippen LogP) is 2.47. The van der Waals surface area contributed by atoms with Gasteiger partial charge in [-0.15, -0.1) is 4.48 Å². The maximum absolute atomic E-state index is 11.5. The Morgan fingerprint density at radius 1 is 1.27 bits per heavy atom. The molecule has 0 saturated heterocycles. The van der Waals surface area contributed by atoms with Crippen LogP contribution < -0.4 is 5.54 Å². The van der Waals surface area contributed by atoms with E-state index in [0.717, 1.165) is 16.5 Å². The topological polar surface area (TPSA) is 12.0 Å². The summed E-state index contributed by atoms with van der Waals surface area (Å²) < 4.78 is 12.5. The highest BCUT2D eigenvalue weighted by Crippen LogP contribution is 2.10. The van der Waals surface area contributed by atoms with E-state index < -0.39 is 0 Å². The summed E-state index contributed by atoms with van der Waals surface area (Å²) in [6.07, 6.45) is 0.726. The Morgan fingerprint density at radius 2 is 1.91 bits per heavy atom. The van der Waals surface area contributed by atoms with Crippen molar-refractivity contribution < 1.29 is 4.48 Å². The summed E-state index contributed by atoms with van der Waals surface area (Å²) in [7, 11) is 0. The van der Waals surface area contributed by atoms with Crippen LogP contribution in [0.4, 0.5) is 4.48 Å². The number of hydrogen-bond acceptors (Lipinski definition) is 1. The van der Waals surface area contributed by atoms with E-state index in [1.807, 2.05) is 24.3 Å². The molecule has 60 valence electrons. The summed E-state index contributed by atoms with van der Waals surface area (Å²) in [5.41, 5.74) is 2.76. The van der Waals surface area contributed by atoms with Gasteiger partial charge in [0.25, 0.3) is 0 Å². The van der Waals surface area contributed by atoms with Crippen LogP contribution in [0.1, 0.15) is 5.56 Å². The smallest absolute Gasteiger partial charge is 0.0300 e. The molecule has 3 heteroatoms. The fraction of sp³-hybridized carbons (Fsp3) is 0.250. The lowest BCUT2D eigenvalue weighted by atomic mass is 10.2. The van der Waals surface area contributed by atoms with E-state index in [9.17, 15) is 4.48 Å². The lowest BCUT2D eigenvalue weighted by Gasteiger charge is -1.97. The van der Waals surface area contributed by atoms with Crippen molar-refractivity contribution in [2.24, 2.45) is 0 Å². The third-order valence-electron chi connectivity index (χ3n) is 1.42. The molecule has 1 aromatic rings. The molecule has 0 saturated carbocycles. The van der Waals surface area contributed by atoms with E-state index in [2.05, 4.69) is 15.9 Å². The molecule has 0 spiro atoms. The molecular formula is C8H9BrFN. The van der Waals surface area contributed by atoms with Gasteiger partial charge < -0.3 is 0 Å². The number of nitrogens with one attached hydrogen (secondary N) is 1. The van der Waals surface area contributed by atoms with Gasteiger partial charge in [-0.1, -0.05) is 28.1 Å². The Morgan fingerprint density at radius 3 is 2.45 bits per heavy atom. The molecule has 0 atom stereocenters. The van der Waals surface area contributed by atoms with Crippen molar-refractivity contribution in [2.45, 2.75) is 6.42 Å². The first-order valence-corrected chi connectivity index (χ1v) is 4.20. The van der Waals surface area contributed by atoms with Crippen molar-refractivity contribution in [3.63, 3.8) is 0 Å². The van der Waals surface area contributed by atoms with Crippen LogP contribution in [0.2, 0.25) is 0 Å². The fourth-order valence-electron chi connectivity index (χ4n) is 0.843. The number of hydrogen-bond donors (Lipinski definition) is 1. The van der Waals surface area contributed by atoms with Crippen molar-refractivity contribution in [1.29, 1.82) is 0 Å². The van der Waals surface area contributed by atoms with Crippen LogP contribution >= 0.6 is 15.9 Å². The van der Waals surface area contributed by atoms with E-state index >= 15 is 0 Å². The molecule has 0 radical (unpaired) electrons. The van der Waals surface area contributed by atoms with Gasteiger partial charge in [0, 0.05) is 11.0 Å². The zero-order valence-electron chi connectivity index (χ0n) is 5.98. The van der Waals surface area contributed by atoms with Crippen molar-refractivity contribution in [3.8, 4) is 0 Å². The number of halogens is 2. The third kappa shape index (κ3) is 2.99. The van der Waals surface area contributed by atoms with Gasteiger partial charge in [-0.3, -0.25) is 0 Å². The summed E-state index contributed by atoms with van der Waals surface area (Å²) >= 11 is 3.32. The number of rotatable bonds is 3. The molecular weight excluding hydrogens is 209 g/mol. The van der Waals surface area contributed by atoms with Crippen LogP contribution in [-0.2, 0) is 6.42 Å². The molecule has 1 N–H and O–H groups in total. The van der Waals surface area contributed by atoms with Gasteiger partial charge in [0.05, 0.1) is 0 Å². The van der Waals surface area contributed by atoms with Crippen LogP contribution in [0.15, 0.2) is 28.7 Å². The van der Waals surface area contributed by atoms with Crippen LogP contribution in [0.25, 0.3) is 0 Å². The second-order valence-electron chi connectivity index (χ2n) is 2.26. The van der Waals surface area contributed by atoms with E-state index in [1.165, 1.54) is 0 Å². The third-order valence-corrected chi connectivity index (χ3v) is 1.95. The summed E-state index contributed by atoms with van der Waals surface area (Å²) in [5.74, 6) is 0. The first kappa shape index (κ1) is 8.68. The average molecular weight is 218 g/mol. The van der Waals surface area contributed by atoms with Crippen molar-refractivity contribution >= 4 is 15.9 Å². The highest BCUT2D eigenvalue weighted by Gasteiger charge is 1.91. The molecule has 11 heavy (non-hydrogen) atoms. The van der Waals surface area contributed by atoms with Crippen LogP contribution in [-0.4, -0.2) is 6.54 Å². The highest BCUT2D eigenvalue weighted by molar-refractivity contribution is 9.10. The van der Waals surface area contributed by atoms with Crippen molar-refractivity contribution in [2.75, 3.05) is 6.54 Å². The highest BCUT2D eigenvalue weighted by atomic mass is 79.9. The van der Waals surface area contributed by atoms with Crippen LogP contribution in [0.3, 0.4) is 0 Å². The van der Waals surface area contributed by atoms with Gasteiger partial charge in [0.15, 0.2) is 0 Å². The largest absolute Gasteiger partial charge is 0.159 e. The van der Waals surface area contributed by atoms with Gasteiger partial charge in [-0.05, 0) is 24.1 Å². The minimum absolute atomic E-state index is 0.377. The lowest BCUT2D eigenvalue weighted by Crippen LogP contribution is -2.05. The van der Waals surface area contributed by atoms with E-state index in [0.29, 0.717) is 6.54 Å². The summed E-state index contributed by atoms with van der Waals surface area (Å²) in [6.45, 7) is 0.377. The second kappa shape index (κ2) is 4.46. The Bertz CT molecular complexity index is 210. The molecule has 0 bridgehead atoms. The maximum Gasteiger partial charge on any atom is 0.0300 e. The second-order valence-corrected chi connectivity index (χ2v) is 3.18. The van der Waals surface area contributed by atoms with Crippen LogP contribution in [0.5, 0.6) is 0 Å². The summed E-state index contributed by atoms with van der Waals surface area (Å²) in [5, 5.41) is 0. The maximum atomic E-state index is 11.5. The monoisotopic (exact) mass is 217 g/mol. The first-order chi connectivity index (χ1) is 5.33. The van der Waals surface area contributed by atoms with Gasteiger partial charge in [0.2, 0.25) is 0 Å². The molecule has 1 aromatic carbocycles. The molecule has 0 aliphatic carbocycles.